The molecule has 0 saturated carbocycles. The Morgan fingerprint density at radius 2 is 1.84 bits per heavy atom. The lowest BCUT2D eigenvalue weighted by molar-refractivity contribution is -0.122. The number of fused-ring (bicyclic) bond motifs is 1. The minimum Gasteiger partial charge on any atom is -0.497 e. The Balaban J connectivity index is 1.53. The molecule has 32 heavy (non-hydrogen) atoms. The van der Waals surface area contributed by atoms with Crippen LogP contribution in [0.1, 0.15) is 24.0 Å². The highest BCUT2D eigenvalue weighted by Crippen LogP contribution is 2.30. The van der Waals surface area contributed by atoms with Crippen molar-refractivity contribution in [2.75, 3.05) is 7.11 Å². The van der Waals surface area contributed by atoms with Gasteiger partial charge in [0.1, 0.15) is 12.3 Å². The standard InChI is InChI=1S/C24H28N6O2/c1-15-12-17(3)29(27-15)13-16(2)26-22(31)14-30-24-23(18(4)28-30)21(10-11-25-24)19-6-8-20(32-5)9-7-19/h6-12,16H,13-14H2,1-5H3,(H,26,31). The molecule has 1 atom stereocenters. The van der Waals surface area contributed by atoms with Gasteiger partial charge in [0.25, 0.3) is 0 Å². The van der Waals surface area contributed by atoms with Crippen molar-refractivity contribution in [1.29, 1.82) is 0 Å². The molecule has 166 valence electrons. The molecule has 0 saturated heterocycles. The van der Waals surface area contributed by atoms with Gasteiger partial charge in [-0.05, 0) is 63.1 Å². The van der Waals surface area contributed by atoms with E-state index in [-0.39, 0.29) is 18.5 Å². The molecule has 1 aromatic carbocycles. The number of hydrogen-bond acceptors (Lipinski definition) is 5. The zero-order chi connectivity index (χ0) is 22.8. The third kappa shape index (κ3) is 4.34. The average Bonchev–Trinajstić information content (AvgIpc) is 3.25. The summed E-state index contributed by atoms with van der Waals surface area (Å²) in [5.41, 5.74) is 5.65. The molecule has 3 heterocycles. The van der Waals surface area contributed by atoms with Gasteiger partial charge in [-0.25, -0.2) is 9.67 Å². The predicted octanol–water partition coefficient (Wildman–Crippen LogP) is 3.43. The lowest BCUT2D eigenvalue weighted by atomic mass is 10.0. The number of carbonyl (C=O) groups excluding carboxylic acids is 1. The maximum absolute atomic E-state index is 12.7. The summed E-state index contributed by atoms with van der Waals surface area (Å²) < 4.78 is 8.84. The number of rotatable bonds is 7. The van der Waals surface area contributed by atoms with Gasteiger partial charge in [-0.15, -0.1) is 0 Å². The van der Waals surface area contributed by atoms with E-state index in [0.717, 1.165) is 39.3 Å². The summed E-state index contributed by atoms with van der Waals surface area (Å²) >= 11 is 0. The number of methoxy groups -OCH3 is 1. The van der Waals surface area contributed by atoms with Crippen molar-refractivity contribution in [1.82, 2.24) is 29.9 Å². The fourth-order valence-corrected chi connectivity index (χ4v) is 4.02. The van der Waals surface area contributed by atoms with Crippen LogP contribution in [0, 0.1) is 20.8 Å². The van der Waals surface area contributed by atoms with Crippen LogP contribution in [-0.4, -0.2) is 43.6 Å². The maximum atomic E-state index is 12.7. The molecule has 4 rings (SSSR count). The van der Waals surface area contributed by atoms with E-state index in [2.05, 4.69) is 20.5 Å². The number of hydrogen-bond donors (Lipinski definition) is 1. The molecule has 1 unspecified atom stereocenters. The van der Waals surface area contributed by atoms with Crippen LogP contribution in [-0.2, 0) is 17.9 Å². The Labute approximate surface area is 187 Å². The first-order chi connectivity index (χ1) is 15.4. The van der Waals surface area contributed by atoms with Gasteiger partial charge in [-0.3, -0.25) is 9.48 Å². The molecule has 0 radical (unpaired) electrons. The van der Waals surface area contributed by atoms with Gasteiger partial charge >= 0.3 is 0 Å². The van der Waals surface area contributed by atoms with Crippen LogP contribution in [0.15, 0.2) is 42.6 Å². The summed E-state index contributed by atoms with van der Waals surface area (Å²) in [7, 11) is 1.65. The quantitative estimate of drug-likeness (QED) is 0.483. The summed E-state index contributed by atoms with van der Waals surface area (Å²) in [5, 5.41) is 13.1. The van der Waals surface area contributed by atoms with Crippen molar-refractivity contribution in [2.45, 2.75) is 46.8 Å². The first kappa shape index (κ1) is 21.5. The second-order valence-corrected chi connectivity index (χ2v) is 8.11. The molecule has 3 aromatic heterocycles. The fourth-order valence-electron chi connectivity index (χ4n) is 4.02. The summed E-state index contributed by atoms with van der Waals surface area (Å²) in [6.45, 7) is 8.61. The van der Waals surface area contributed by atoms with E-state index in [0.29, 0.717) is 12.2 Å². The predicted molar refractivity (Wildman–Crippen MR) is 124 cm³/mol. The maximum Gasteiger partial charge on any atom is 0.242 e. The van der Waals surface area contributed by atoms with Crippen LogP contribution in [0.25, 0.3) is 22.2 Å². The van der Waals surface area contributed by atoms with Gasteiger partial charge in [0, 0.05) is 23.3 Å². The lowest BCUT2D eigenvalue weighted by Crippen LogP contribution is -2.38. The SMILES string of the molecule is COc1ccc(-c2ccnc3c2c(C)nn3CC(=O)NC(C)Cn2nc(C)cc2C)cc1. The Hall–Kier alpha value is -3.68. The van der Waals surface area contributed by atoms with Crippen molar-refractivity contribution in [2.24, 2.45) is 0 Å². The van der Waals surface area contributed by atoms with Crippen LogP contribution in [0.5, 0.6) is 5.75 Å². The number of ether oxygens (including phenoxy) is 1. The zero-order valence-electron chi connectivity index (χ0n) is 19.1. The largest absolute Gasteiger partial charge is 0.497 e. The smallest absolute Gasteiger partial charge is 0.242 e. The lowest BCUT2D eigenvalue weighted by Gasteiger charge is -2.15. The third-order valence-corrected chi connectivity index (χ3v) is 5.46. The molecule has 0 spiro atoms. The van der Waals surface area contributed by atoms with E-state index in [4.69, 9.17) is 4.74 Å². The van der Waals surface area contributed by atoms with Crippen molar-refractivity contribution in [3.05, 3.63) is 59.7 Å². The number of aryl methyl sites for hydroxylation is 3. The van der Waals surface area contributed by atoms with Crippen molar-refractivity contribution in [3.63, 3.8) is 0 Å². The van der Waals surface area contributed by atoms with Crippen molar-refractivity contribution >= 4 is 16.9 Å². The summed E-state index contributed by atoms with van der Waals surface area (Å²) in [4.78, 5) is 17.3. The Morgan fingerprint density at radius 3 is 2.50 bits per heavy atom. The summed E-state index contributed by atoms with van der Waals surface area (Å²) in [6, 6.07) is 11.8. The molecule has 0 aliphatic heterocycles. The topological polar surface area (TPSA) is 86.9 Å². The molecule has 8 heteroatoms. The van der Waals surface area contributed by atoms with E-state index < -0.39 is 0 Å². The molecule has 4 aromatic rings. The monoisotopic (exact) mass is 432 g/mol. The zero-order valence-corrected chi connectivity index (χ0v) is 19.1. The Bertz CT molecular complexity index is 1260. The molecular weight excluding hydrogens is 404 g/mol. The second kappa shape index (κ2) is 8.82. The number of aromatic nitrogens is 5. The highest BCUT2D eigenvalue weighted by atomic mass is 16.5. The Morgan fingerprint density at radius 1 is 1.09 bits per heavy atom. The van der Waals surface area contributed by atoms with E-state index in [1.54, 1.807) is 18.0 Å². The average molecular weight is 433 g/mol. The third-order valence-electron chi connectivity index (χ3n) is 5.46. The van der Waals surface area contributed by atoms with Gasteiger partial charge < -0.3 is 10.1 Å². The highest BCUT2D eigenvalue weighted by Gasteiger charge is 2.17. The normalized spacial score (nSPS) is 12.2. The van der Waals surface area contributed by atoms with E-state index in [1.807, 2.05) is 68.8 Å². The van der Waals surface area contributed by atoms with Gasteiger partial charge in [0.05, 0.1) is 25.0 Å². The number of nitrogens with one attached hydrogen (secondary N) is 1. The van der Waals surface area contributed by atoms with Gasteiger partial charge in [0.2, 0.25) is 5.91 Å². The molecule has 8 nitrogen and oxygen atoms in total. The minimum atomic E-state index is -0.111. The van der Waals surface area contributed by atoms with Crippen LogP contribution >= 0.6 is 0 Å². The summed E-state index contributed by atoms with van der Waals surface area (Å²) in [5.74, 6) is 0.692. The van der Waals surface area contributed by atoms with Crippen LogP contribution in [0.4, 0.5) is 0 Å². The van der Waals surface area contributed by atoms with E-state index in [1.165, 1.54) is 0 Å². The van der Waals surface area contributed by atoms with Gasteiger partial charge in [0.15, 0.2) is 5.65 Å². The number of pyridine rings is 1. The minimum absolute atomic E-state index is 0.0637. The molecule has 1 amide bonds. The fraction of sp³-hybridized carbons (Fsp3) is 0.333. The van der Waals surface area contributed by atoms with E-state index in [9.17, 15) is 4.79 Å². The number of benzene rings is 1. The first-order valence-corrected chi connectivity index (χ1v) is 10.6. The molecule has 0 bridgehead atoms. The molecule has 0 aliphatic rings. The van der Waals surface area contributed by atoms with Gasteiger partial charge in [-0.2, -0.15) is 10.2 Å². The highest BCUT2D eigenvalue weighted by molar-refractivity contribution is 5.95. The Kier molecular flexibility index (Phi) is 5.94. The van der Waals surface area contributed by atoms with Crippen LogP contribution in [0.2, 0.25) is 0 Å². The van der Waals surface area contributed by atoms with Crippen molar-refractivity contribution < 1.29 is 9.53 Å². The molecule has 1 N–H and O–H groups in total. The first-order valence-electron chi connectivity index (χ1n) is 10.6. The van der Waals surface area contributed by atoms with E-state index >= 15 is 0 Å². The number of carbonyl (C=O) groups is 1. The molecule has 0 aliphatic carbocycles. The molecular formula is C24H28N6O2. The number of nitrogens with zero attached hydrogens (tertiary/aromatic N) is 5. The number of amides is 1. The van der Waals surface area contributed by atoms with Crippen molar-refractivity contribution in [3.8, 4) is 16.9 Å². The molecule has 0 fully saturated rings. The van der Waals surface area contributed by atoms with Crippen LogP contribution < -0.4 is 10.1 Å². The summed E-state index contributed by atoms with van der Waals surface area (Å²) in [6.07, 6.45) is 1.75. The second-order valence-electron chi connectivity index (χ2n) is 8.11. The van der Waals surface area contributed by atoms with Gasteiger partial charge in [-0.1, -0.05) is 12.1 Å². The van der Waals surface area contributed by atoms with Crippen LogP contribution in [0.3, 0.4) is 0 Å².